The minimum absolute atomic E-state index is 0.122. The predicted molar refractivity (Wildman–Crippen MR) is 55.5 cm³/mol. The molecule has 0 aromatic carbocycles. The van der Waals surface area contributed by atoms with Crippen molar-refractivity contribution < 1.29 is 28.2 Å². The zero-order valence-electron chi connectivity index (χ0n) is 9.49. The van der Waals surface area contributed by atoms with E-state index >= 15 is 0 Å². The smallest absolute Gasteiger partial charge is 0.131 e. The summed E-state index contributed by atoms with van der Waals surface area (Å²) in [7, 11) is 4.85. The molecule has 1 heterocycles. The van der Waals surface area contributed by atoms with E-state index in [4.69, 9.17) is 22.1 Å². The molecule has 92 valence electrons. The molecule has 0 N–H and O–H groups in total. The van der Waals surface area contributed by atoms with Crippen molar-refractivity contribution in [3.63, 3.8) is 0 Å². The Morgan fingerprint density at radius 3 is 2.38 bits per heavy atom. The second-order valence-electron chi connectivity index (χ2n) is 3.61. The summed E-state index contributed by atoms with van der Waals surface area (Å²) < 4.78 is 31.1. The molecule has 0 bridgehead atoms. The van der Waals surface area contributed by atoms with Crippen LogP contribution in [0.2, 0.25) is 0 Å². The fourth-order valence-electron chi connectivity index (χ4n) is 1.65. The number of rotatable bonds is 5. The number of methoxy groups -OCH3 is 2. The number of hydrogen-bond acceptors (Lipinski definition) is 6. The maximum absolute atomic E-state index is 10.9. The van der Waals surface area contributed by atoms with Gasteiger partial charge in [-0.05, 0) is 0 Å². The highest BCUT2D eigenvalue weighted by Crippen LogP contribution is 2.33. The standard InChI is InChI=1S/C8H16BO6P/c1-12-6-5(4-14-16(3,10)11)15-8(9)7(6)13-2/h5-8H,4H2,1-3H3,(H,10,11)/p-1. The van der Waals surface area contributed by atoms with Gasteiger partial charge in [-0.25, -0.2) is 0 Å². The summed E-state index contributed by atoms with van der Waals surface area (Å²) in [5.74, 6) is 0. The van der Waals surface area contributed by atoms with Gasteiger partial charge in [0.15, 0.2) is 0 Å². The molecule has 1 rings (SSSR count). The zero-order chi connectivity index (χ0) is 12.3. The van der Waals surface area contributed by atoms with Crippen molar-refractivity contribution in [2.75, 3.05) is 27.5 Å². The van der Waals surface area contributed by atoms with Gasteiger partial charge in [-0.1, -0.05) is 0 Å². The van der Waals surface area contributed by atoms with Gasteiger partial charge >= 0.3 is 0 Å². The molecule has 0 amide bonds. The Kier molecular flexibility index (Phi) is 4.97. The van der Waals surface area contributed by atoms with Gasteiger partial charge in [-0.2, -0.15) is 0 Å². The highest BCUT2D eigenvalue weighted by molar-refractivity contribution is 7.50. The minimum atomic E-state index is -3.77. The van der Waals surface area contributed by atoms with Crippen LogP contribution in [0.25, 0.3) is 0 Å². The van der Waals surface area contributed by atoms with Gasteiger partial charge < -0.3 is 28.2 Å². The molecule has 0 aliphatic carbocycles. The van der Waals surface area contributed by atoms with Gasteiger partial charge in [0.1, 0.15) is 33.8 Å². The van der Waals surface area contributed by atoms with Gasteiger partial charge in [-0.3, -0.25) is 0 Å². The molecule has 5 atom stereocenters. The second kappa shape index (κ2) is 5.62. The Morgan fingerprint density at radius 2 is 1.94 bits per heavy atom. The summed E-state index contributed by atoms with van der Waals surface area (Å²) in [4.78, 5) is 10.9. The van der Waals surface area contributed by atoms with E-state index in [0.29, 0.717) is 0 Å². The Bertz CT molecular complexity index is 269. The van der Waals surface area contributed by atoms with Crippen molar-refractivity contribution in [3.05, 3.63) is 0 Å². The molecule has 16 heavy (non-hydrogen) atoms. The van der Waals surface area contributed by atoms with Crippen molar-refractivity contribution in [3.8, 4) is 0 Å². The van der Waals surface area contributed by atoms with Crippen LogP contribution in [0.3, 0.4) is 0 Å². The van der Waals surface area contributed by atoms with Gasteiger partial charge in [-0.15, -0.1) is 0 Å². The van der Waals surface area contributed by atoms with Gasteiger partial charge in [0.05, 0.1) is 6.61 Å². The van der Waals surface area contributed by atoms with Crippen LogP contribution in [-0.4, -0.2) is 59.7 Å². The quantitative estimate of drug-likeness (QED) is 0.464. The van der Waals surface area contributed by atoms with E-state index in [1.807, 2.05) is 0 Å². The van der Waals surface area contributed by atoms with Crippen molar-refractivity contribution in [2.24, 2.45) is 0 Å². The molecule has 0 saturated carbocycles. The summed E-state index contributed by atoms with van der Waals surface area (Å²) in [5, 5.41) is 0. The van der Waals surface area contributed by atoms with Crippen LogP contribution < -0.4 is 4.89 Å². The first-order valence-electron chi connectivity index (χ1n) is 4.78. The summed E-state index contributed by atoms with van der Waals surface area (Å²) in [5.41, 5.74) is 0. The van der Waals surface area contributed by atoms with Crippen LogP contribution in [0.5, 0.6) is 0 Å². The minimum Gasteiger partial charge on any atom is -0.779 e. The van der Waals surface area contributed by atoms with E-state index in [9.17, 15) is 9.46 Å². The topological polar surface area (TPSA) is 77.1 Å². The molecule has 0 spiro atoms. The summed E-state index contributed by atoms with van der Waals surface area (Å²) in [6.45, 7) is 0.876. The molecule has 8 heteroatoms. The van der Waals surface area contributed by atoms with Crippen LogP contribution in [0.15, 0.2) is 0 Å². The molecule has 5 unspecified atom stereocenters. The molecule has 1 saturated heterocycles. The molecule has 6 nitrogen and oxygen atoms in total. The second-order valence-corrected chi connectivity index (χ2v) is 5.41. The molecular formula is C8H15BO6P-. The molecule has 2 radical (unpaired) electrons. The van der Waals surface area contributed by atoms with Gasteiger partial charge in [0.25, 0.3) is 0 Å². The molecule has 0 aromatic rings. The first-order valence-corrected chi connectivity index (χ1v) is 6.77. The third kappa shape index (κ3) is 3.55. The number of ether oxygens (including phenoxy) is 3. The first kappa shape index (κ1) is 14.2. The van der Waals surface area contributed by atoms with E-state index in [1.54, 1.807) is 0 Å². The highest BCUT2D eigenvalue weighted by atomic mass is 31.2. The third-order valence-electron chi connectivity index (χ3n) is 2.36. The van der Waals surface area contributed by atoms with Crippen LogP contribution in [0, 0.1) is 0 Å². The van der Waals surface area contributed by atoms with Crippen molar-refractivity contribution in [1.82, 2.24) is 0 Å². The van der Waals surface area contributed by atoms with Crippen molar-refractivity contribution in [1.29, 1.82) is 0 Å². The molecular weight excluding hydrogens is 234 g/mol. The van der Waals surface area contributed by atoms with E-state index in [0.717, 1.165) is 6.66 Å². The van der Waals surface area contributed by atoms with E-state index < -0.39 is 31.9 Å². The average molecular weight is 249 g/mol. The maximum atomic E-state index is 10.9. The molecule has 1 aliphatic heterocycles. The maximum Gasteiger partial charge on any atom is 0.131 e. The largest absolute Gasteiger partial charge is 0.779 e. The Labute approximate surface area is 96.2 Å². The summed E-state index contributed by atoms with van der Waals surface area (Å²) in [6.07, 6.45) is -1.42. The zero-order valence-corrected chi connectivity index (χ0v) is 10.4. The van der Waals surface area contributed by atoms with Gasteiger partial charge in [0.2, 0.25) is 0 Å². The van der Waals surface area contributed by atoms with E-state index in [2.05, 4.69) is 4.52 Å². The lowest BCUT2D eigenvalue weighted by molar-refractivity contribution is -0.199. The third-order valence-corrected chi connectivity index (χ3v) is 2.98. The lowest BCUT2D eigenvalue weighted by atomic mass is 9.93. The summed E-state index contributed by atoms with van der Waals surface area (Å²) in [6, 6.07) is -0.647. The molecule has 1 aliphatic rings. The van der Waals surface area contributed by atoms with Crippen LogP contribution >= 0.6 is 7.60 Å². The Hall–Kier alpha value is 0.0949. The van der Waals surface area contributed by atoms with E-state index in [1.165, 1.54) is 14.2 Å². The normalized spacial score (nSPS) is 38.5. The first-order chi connectivity index (χ1) is 7.39. The summed E-state index contributed by atoms with van der Waals surface area (Å²) >= 11 is 0. The van der Waals surface area contributed by atoms with Crippen molar-refractivity contribution in [2.45, 2.75) is 24.3 Å². The Balaban J connectivity index is 2.57. The van der Waals surface area contributed by atoms with Crippen LogP contribution in [0.1, 0.15) is 0 Å². The number of hydrogen-bond donors (Lipinski definition) is 0. The predicted octanol–water partition coefficient (Wildman–Crippen LogP) is -0.890. The average Bonchev–Trinajstić information content (AvgIpc) is 2.49. The fourth-order valence-corrected chi connectivity index (χ4v) is 2.07. The van der Waals surface area contributed by atoms with Crippen LogP contribution in [-0.2, 0) is 23.3 Å². The SMILES string of the molecule is [B]C1OC(COP(C)(=O)[O-])C(OC)C1OC. The monoisotopic (exact) mass is 249 g/mol. The molecule has 1 fully saturated rings. The van der Waals surface area contributed by atoms with Crippen LogP contribution in [0.4, 0.5) is 0 Å². The fraction of sp³-hybridized carbons (Fsp3) is 1.00. The van der Waals surface area contributed by atoms with Gasteiger partial charge in [0, 0.05) is 26.9 Å². The Morgan fingerprint density at radius 1 is 1.38 bits per heavy atom. The van der Waals surface area contributed by atoms with Crippen molar-refractivity contribution >= 4 is 15.4 Å². The molecule has 0 aromatic heterocycles. The highest BCUT2D eigenvalue weighted by Gasteiger charge is 2.42. The lowest BCUT2D eigenvalue weighted by Gasteiger charge is -2.24. The lowest BCUT2D eigenvalue weighted by Crippen LogP contribution is -2.37. The van der Waals surface area contributed by atoms with E-state index in [-0.39, 0.29) is 6.61 Å².